The van der Waals surface area contributed by atoms with Crippen LogP contribution >= 0.6 is 0 Å². The molecule has 0 amide bonds. The summed E-state index contributed by atoms with van der Waals surface area (Å²) in [7, 11) is 0. The highest BCUT2D eigenvalue weighted by atomic mass is 15.2. The van der Waals surface area contributed by atoms with E-state index in [-0.39, 0.29) is 0 Å². The van der Waals surface area contributed by atoms with Crippen molar-refractivity contribution < 1.29 is 0 Å². The van der Waals surface area contributed by atoms with E-state index in [9.17, 15) is 0 Å². The van der Waals surface area contributed by atoms with E-state index in [4.69, 9.17) is 0 Å². The average Bonchev–Trinajstić information content (AvgIpc) is 3.17. The predicted molar refractivity (Wildman–Crippen MR) is 81.0 cm³/mol. The summed E-state index contributed by atoms with van der Waals surface area (Å²) in [5.74, 6) is 0.998. The number of hydrogen-bond acceptors (Lipinski definition) is 2. The Bertz CT molecular complexity index is 217. The van der Waals surface area contributed by atoms with Crippen LogP contribution in [-0.4, -0.2) is 37.1 Å². The van der Waals surface area contributed by atoms with Crippen LogP contribution in [0.5, 0.6) is 0 Å². The van der Waals surface area contributed by atoms with Gasteiger partial charge >= 0.3 is 0 Å². The van der Waals surface area contributed by atoms with Gasteiger partial charge in [0.15, 0.2) is 0 Å². The molecule has 0 atom stereocenters. The summed E-state index contributed by atoms with van der Waals surface area (Å²) in [6.07, 6.45) is 5.48. The number of nitrogens with zero attached hydrogens (tertiary/aromatic N) is 1. The summed E-state index contributed by atoms with van der Waals surface area (Å²) < 4.78 is 0. The molecule has 1 saturated carbocycles. The summed E-state index contributed by atoms with van der Waals surface area (Å²) >= 11 is 0. The highest BCUT2D eigenvalue weighted by Crippen LogP contribution is 2.33. The maximum atomic E-state index is 3.58. The molecule has 1 fully saturated rings. The number of hydrogen-bond donors (Lipinski definition) is 1. The Morgan fingerprint density at radius 3 is 2.17 bits per heavy atom. The maximum Gasteiger partial charge on any atom is 0.00528 e. The van der Waals surface area contributed by atoms with Crippen molar-refractivity contribution in [1.82, 2.24) is 10.2 Å². The molecule has 1 aliphatic rings. The highest BCUT2D eigenvalue weighted by molar-refractivity contribution is 4.86. The fraction of sp³-hybridized carbons (Fsp3) is 1.00. The smallest absolute Gasteiger partial charge is 0.00528 e. The molecule has 0 aromatic carbocycles. The van der Waals surface area contributed by atoms with Crippen molar-refractivity contribution in [2.75, 3.05) is 26.2 Å². The van der Waals surface area contributed by atoms with Gasteiger partial charge in [0.2, 0.25) is 0 Å². The van der Waals surface area contributed by atoms with Gasteiger partial charge in [-0.25, -0.2) is 0 Å². The van der Waals surface area contributed by atoms with Gasteiger partial charge in [-0.3, -0.25) is 0 Å². The third-order valence-corrected chi connectivity index (χ3v) is 4.71. The van der Waals surface area contributed by atoms with Gasteiger partial charge in [0, 0.05) is 25.7 Å². The zero-order chi connectivity index (χ0) is 13.6. The van der Waals surface area contributed by atoms with Crippen molar-refractivity contribution in [3.05, 3.63) is 0 Å². The Labute approximate surface area is 115 Å². The second-order valence-electron chi connectivity index (χ2n) is 6.45. The van der Waals surface area contributed by atoms with E-state index in [0.717, 1.165) is 12.5 Å². The molecule has 0 aromatic rings. The lowest BCUT2D eigenvalue weighted by Crippen LogP contribution is -2.46. The van der Waals surface area contributed by atoms with Crippen molar-refractivity contribution >= 4 is 0 Å². The first-order chi connectivity index (χ1) is 8.56. The molecule has 0 spiro atoms. The van der Waals surface area contributed by atoms with Crippen molar-refractivity contribution in [1.29, 1.82) is 0 Å². The minimum absolute atomic E-state index is 0.467. The molecule has 0 unspecified atom stereocenters. The van der Waals surface area contributed by atoms with Gasteiger partial charge in [-0.15, -0.1) is 0 Å². The Morgan fingerprint density at radius 1 is 1.17 bits per heavy atom. The molecule has 1 rings (SSSR count). The lowest BCUT2D eigenvalue weighted by molar-refractivity contribution is 0.106. The fourth-order valence-corrected chi connectivity index (χ4v) is 2.69. The van der Waals surface area contributed by atoms with Crippen LogP contribution < -0.4 is 5.32 Å². The topological polar surface area (TPSA) is 15.3 Å². The van der Waals surface area contributed by atoms with Crippen molar-refractivity contribution in [2.24, 2.45) is 11.3 Å². The SMILES string of the molecule is CCNCC(CC)(CC)CN(CC1CC1)C(C)C. The summed E-state index contributed by atoms with van der Waals surface area (Å²) in [4.78, 5) is 2.72. The quantitative estimate of drug-likeness (QED) is 0.641. The Hall–Kier alpha value is -0.0800. The largest absolute Gasteiger partial charge is 0.316 e. The van der Waals surface area contributed by atoms with Gasteiger partial charge in [-0.05, 0) is 57.4 Å². The monoisotopic (exact) mass is 254 g/mol. The molecular formula is C16H34N2. The fourth-order valence-electron chi connectivity index (χ4n) is 2.69. The second kappa shape index (κ2) is 7.49. The normalized spacial score (nSPS) is 16.8. The van der Waals surface area contributed by atoms with Crippen molar-refractivity contribution in [2.45, 2.75) is 66.3 Å². The third kappa shape index (κ3) is 4.89. The molecule has 2 heteroatoms. The average molecular weight is 254 g/mol. The first-order valence-corrected chi connectivity index (χ1v) is 8.01. The molecule has 0 heterocycles. The van der Waals surface area contributed by atoms with Crippen LogP contribution in [0.25, 0.3) is 0 Å². The van der Waals surface area contributed by atoms with E-state index in [2.05, 4.69) is 44.8 Å². The van der Waals surface area contributed by atoms with Crippen LogP contribution in [0.3, 0.4) is 0 Å². The van der Waals surface area contributed by atoms with Gasteiger partial charge in [-0.2, -0.15) is 0 Å². The first kappa shape index (κ1) is 16.0. The standard InChI is InChI=1S/C16H34N2/c1-6-16(7-2,12-17-8-3)13-18(14(4)5)11-15-9-10-15/h14-15,17H,6-13H2,1-5H3. The minimum Gasteiger partial charge on any atom is -0.316 e. The van der Waals surface area contributed by atoms with Gasteiger partial charge in [-0.1, -0.05) is 20.8 Å². The predicted octanol–water partition coefficient (Wildman–Crippen LogP) is 3.52. The van der Waals surface area contributed by atoms with Crippen molar-refractivity contribution in [3.63, 3.8) is 0 Å². The summed E-state index contributed by atoms with van der Waals surface area (Å²) in [6, 6.07) is 0.685. The zero-order valence-electron chi connectivity index (χ0n) is 13.3. The lowest BCUT2D eigenvalue weighted by atomic mass is 9.81. The van der Waals surface area contributed by atoms with Crippen LogP contribution in [0, 0.1) is 11.3 Å². The zero-order valence-corrected chi connectivity index (χ0v) is 13.3. The Morgan fingerprint density at radius 2 is 1.78 bits per heavy atom. The molecule has 18 heavy (non-hydrogen) atoms. The van der Waals surface area contributed by atoms with E-state index in [0.29, 0.717) is 11.5 Å². The second-order valence-corrected chi connectivity index (χ2v) is 6.45. The van der Waals surface area contributed by atoms with E-state index in [1.807, 2.05) is 0 Å². The molecule has 108 valence electrons. The first-order valence-electron chi connectivity index (χ1n) is 8.01. The van der Waals surface area contributed by atoms with Crippen molar-refractivity contribution in [3.8, 4) is 0 Å². The lowest BCUT2D eigenvalue weighted by Gasteiger charge is -2.39. The molecule has 0 bridgehead atoms. The number of rotatable bonds is 10. The number of nitrogens with one attached hydrogen (secondary N) is 1. The Balaban J connectivity index is 2.58. The molecule has 0 radical (unpaired) electrons. The molecule has 0 aromatic heterocycles. The Kier molecular flexibility index (Phi) is 6.65. The maximum absolute atomic E-state index is 3.58. The van der Waals surface area contributed by atoms with Gasteiger partial charge in [0.05, 0.1) is 0 Å². The molecule has 0 aliphatic heterocycles. The highest BCUT2D eigenvalue weighted by Gasteiger charge is 2.32. The molecule has 1 N–H and O–H groups in total. The summed E-state index contributed by atoms with van der Waals surface area (Å²) in [5.41, 5.74) is 0.467. The molecule has 1 aliphatic carbocycles. The summed E-state index contributed by atoms with van der Waals surface area (Å²) in [5, 5.41) is 3.58. The van der Waals surface area contributed by atoms with E-state index in [1.54, 1.807) is 0 Å². The van der Waals surface area contributed by atoms with Gasteiger partial charge in [0.1, 0.15) is 0 Å². The van der Waals surface area contributed by atoms with E-state index in [1.165, 1.54) is 45.3 Å². The van der Waals surface area contributed by atoms with Crippen LogP contribution in [0.4, 0.5) is 0 Å². The van der Waals surface area contributed by atoms with Crippen LogP contribution in [0.15, 0.2) is 0 Å². The van der Waals surface area contributed by atoms with Gasteiger partial charge in [0.25, 0.3) is 0 Å². The van der Waals surface area contributed by atoms with Crippen LogP contribution in [0.1, 0.15) is 60.3 Å². The molecular weight excluding hydrogens is 220 g/mol. The molecule has 2 nitrogen and oxygen atoms in total. The van der Waals surface area contributed by atoms with E-state index < -0.39 is 0 Å². The summed E-state index contributed by atoms with van der Waals surface area (Å²) in [6.45, 7) is 16.5. The van der Waals surface area contributed by atoms with Crippen LogP contribution in [0.2, 0.25) is 0 Å². The minimum atomic E-state index is 0.467. The van der Waals surface area contributed by atoms with Crippen LogP contribution in [-0.2, 0) is 0 Å². The molecule has 0 saturated heterocycles. The van der Waals surface area contributed by atoms with E-state index >= 15 is 0 Å². The van der Waals surface area contributed by atoms with Gasteiger partial charge < -0.3 is 10.2 Å². The third-order valence-electron chi connectivity index (χ3n) is 4.71.